The maximum Gasteiger partial charge on any atom is 0.0627 e. The zero-order chi connectivity index (χ0) is 8.85. The third-order valence-corrected chi connectivity index (χ3v) is 1.68. The van der Waals surface area contributed by atoms with Gasteiger partial charge in [0.25, 0.3) is 0 Å². The van der Waals surface area contributed by atoms with Gasteiger partial charge in [0.1, 0.15) is 0 Å². The molecular formula is C8H16N2S. The van der Waals surface area contributed by atoms with Crippen molar-refractivity contribution in [1.82, 2.24) is 5.32 Å². The number of nitrogens with one attached hydrogen (secondary N) is 1. The van der Waals surface area contributed by atoms with Gasteiger partial charge < -0.3 is 11.1 Å². The predicted molar refractivity (Wildman–Crippen MR) is 53.2 cm³/mol. The van der Waals surface area contributed by atoms with Crippen LogP contribution in [0, 0.1) is 0 Å². The Morgan fingerprint density at radius 1 is 1.55 bits per heavy atom. The van der Waals surface area contributed by atoms with Crippen molar-refractivity contribution in [2.75, 3.05) is 6.54 Å². The van der Waals surface area contributed by atoms with Gasteiger partial charge in [-0.05, 0) is 4.91 Å². The molecule has 0 fully saturated rings. The van der Waals surface area contributed by atoms with Gasteiger partial charge in [-0.1, -0.05) is 38.8 Å². The average molecular weight is 172 g/mol. The molecule has 0 aliphatic rings. The number of rotatable bonds is 5. The van der Waals surface area contributed by atoms with Crippen molar-refractivity contribution in [1.29, 1.82) is 0 Å². The fraction of sp³-hybridized carbons (Fsp3) is 0.500. The van der Waals surface area contributed by atoms with Crippen LogP contribution >= 0.6 is 11.8 Å². The highest BCUT2D eigenvalue weighted by atomic mass is 32.2. The molecule has 0 spiro atoms. The van der Waals surface area contributed by atoms with Crippen LogP contribution < -0.4 is 11.1 Å². The number of hydrogen-bond donors (Lipinski definition) is 2. The van der Waals surface area contributed by atoms with Crippen LogP contribution in [-0.4, -0.2) is 12.6 Å². The van der Waals surface area contributed by atoms with E-state index in [9.17, 15) is 0 Å². The minimum Gasteiger partial charge on any atom is -0.394 e. The molecule has 0 rings (SSSR count). The van der Waals surface area contributed by atoms with Crippen LogP contribution in [0.1, 0.15) is 13.8 Å². The first kappa shape index (κ1) is 10.6. The van der Waals surface area contributed by atoms with E-state index in [1.54, 1.807) is 0 Å². The van der Waals surface area contributed by atoms with Crippen molar-refractivity contribution >= 4 is 11.8 Å². The van der Waals surface area contributed by atoms with Crippen LogP contribution in [0.5, 0.6) is 0 Å². The minimum atomic E-state index is 0.485. The summed E-state index contributed by atoms with van der Waals surface area (Å²) in [5.74, 6) is 0. The van der Waals surface area contributed by atoms with E-state index in [1.807, 2.05) is 0 Å². The second-order valence-electron chi connectivity index (χ2n) is 2.64. The molecule has 0 amide bonds. The molecule has 3 N–H and O–H groups in total. The highest BCUT2D eigenvalue weighted by molar-refractivity contribution is 8.06. The number of hydrogen-bond acceptors (Lipinski definition) is 3. The first-order valence-electron chi connectivity index (χ1n) is 3.55. The van der Waals surface area contributed by atoms with Crippen molar-refractivity contribution in [3.63, 3.8) is 0 Å². The third kappa shape index (κ3) is 7.49. The van der Waals surface area contributed by atoms with Gasteiger partial charge in [-0.2, -0.15) is 0 Å². The Labute approximate surface area is 72.9 Å². The molecule has 0 saturated carbocycles. The fourth-order valence-corrected chi connectivity index (χ4v) is 1.07. The lowest BCUT2D eigenvalue weighted by molar-refractivity contribution is 0.630. The predicted octanol–water partition coefficient (Wildman–Crippen LogP) is 1.66. The van der Waals surface area contributed by atoms with Crippen molar-refractivity contribution in [2.24, 2.45) is 5.73 Å². The summed E-state index contributed by atoms with van der Waals surface area (Å²) in [5.41, 5.74) is 5.38. The molecular weight excluding hydrogens is 156 g/mol. The zero-order valence-electron chi connectivity index (χ0n) is 7.18. The lowest BCUT2D eigenvalue weighted by Crippen LogP contribution is -2.24. The number of nitrogens with two attached hydrogens (primary N) is 1. The maximum atomic E-state index is 5.38. The largest absolute Gasteiger partial charge is 0.394 e. The maximum absolute atomic E-state index is 5.38. The molecule has 0 aliphatic heterocycles. The first-order valence-corrected chi connectivity index (χ1v) is 4.37. The van der Waals surface area contributed by atoms with E-state index in [2.05, 4.69) is 32.3 Å². The molecule has 2 nitrogen and oxygen atoms in total. The van der Waals surface area contributed by atoms with E-state index in [-0.39, 0.29) is 0 Å². The molecule has 0 aliphatic carbocycles. The minimum absolute atomic E-state index is 0.485. The lowest BCUT2D eigenvalue weighted by atomic mass is 10.4. The molecule has 3 heteroatoms. The van der Waals surface area contributed by atoms with Crippen LogP contribution in [0.4, 0.5) is 0 Å². The monoisotopic (exact) mass is 172 g/mol. The van der Waals surface area contributed by atoms with Crippen molar-refractivity contribution < 1.29 is 0 Å². The van der Waals surface area contributed by atoms with E-state index in [0.717, 1.165) is 11.4 Å². The lowest BCUT2D eigenvalue weighted by Gasteiger charge is -2.09. The zero-order valence-corrected chi connectivity index (χ0v) is 8.00. The average Bonchev–Trinajstić information content (AvgIpc) is 1.82. The second-order valence-corrected chi connectivity index (χ2v) is 3.95. The Morgan fingerprint density at radius 3 is 2.45 bits per heavy atom. The highest BCUT2D eigenvalue weighted by Gasteiger charge is 1.96. The van der Waals surface area contributed by atoms with Gasteiger partial charge >= 0.3 is 0 Å². The van der Waals surface area contributed by atoms with E-state index in [0.29, 0.717) is 11.1 Å². The third-order valence-electron chi connectivity index (χ3n) is 0.983. The van der Waals surface area contributed by atoms with Crippen LogP contribution in [-0.2, 0) is 0 Å². The Hall–Kier alpha value is -0.410. The summed E-state index contributed by atoms with van der Waals surface area (Å²) in [4.78, 5) is 1.01. The van der Waals surface area contributed by atoms with E-state index in [1.165, 1.54) is 11.8 Å². The molecule has 0 aromatic carbocycles. The molecule has 11 heavy (non-hydrogen) atoms. The van der Waals surface area contributed by atoms with Gasteiger partial charge in [-0.3, -0.25) is 0 Å². The summed E-state index contributed by atoms with van der Waals surface area (Å²) >= 11 is 1.42. The van der Waals surface area contributed by atoms with Crippen LogP contribution in [0.15, 0.2) is 23.1 Å². The van der Waals surface area contributed by atoms with Crippen LogP contribution in [0.3, 0.4) is 0 Å². The normalized spacial score (nSPS) is 10.1. The van der Waals surface area contributed by atoms with Crippen molar-refractivity contribution in [3.05, 3.63) is 23.1 Å². The highest BCUT2D eigenvalue weighted by Crippen LogP contribution is 2.16. The summed E-state index contributed by atoms with van der Waals surface area (Å²) < 4.78 is 0. The first-order chi connectivity index (χ1) is 5.02. The molecule has 0 atom stereocenters. The summed E-state index contributed by atoms with van der Waals surface area (Å²) in [6.45, 7) is 12.4. The SMILES string of the molecule is C=C(N)SC(=C)CNC(C)C. The Kier molecular flexibility index (Phi) is 5.07. The summed E-state index contributed by atoms with van der Waals surface area (Å²) in [6, 6.07) is 0.485. The van der Waals surface area contributed by atoms with Crippen molar-refractivity contribution in [3.8, 4) is 0 Å². The van der Waals surface area contributed by atoms with Crippen LogP contribution in [0.25, 0.3) is 0 Å². The van der Waals surface area contributed by atoms with Gasteiger partial charge in [0.05, 0.1) is 5.03 Å². The van der Waals surface area contributed by atoms with E-state index in [4.69, 9.17) is 5.73 Å². The molecule has 0 unspecified atom stereocenters. The van der Waals surface area contributed by atoms with E-state index >= 15 is 0 Å². The summed E-state index contributed by atoms with van der Waals surface area (Å²) in [5, 5.41) is 3.83. The smallest absolute Gasteiger partial charge is 0.0627 e. The summed E-state index contributed by atoms with van der Waals surface area (Å²) in [7, 11) is 0. The van der Waals surface area contributed by atoms with Gasteiger partial charge in [0, 0.05) is 12.6 Å². The van der Waals surface area contributed by atoms with Gasteiger partial charge in [0.15, 0.2) is 0 Å². The summed E-state index contributed by atoms with van der Waals surface area (Å²) in [6.07, 6.45) is 0. The van der Waals surface area contributed by atoms with Gasteiger partial charge in [-0.25, -0.2) is 0 Å². The van der Waals surface area contributed by atoms with Crippen molar-refractivity contribution in [2.45, 2.75) is 19.9 Å². The molecule has 0 radical (unpaired) electrons. The van der Waals surface area contributed by atoms with Gasteiger partial charge in [-0.15, -0.1) is 0 Å². The molecule has 0 aromatic rings. The molecule has 0 aromatic heterocycles. The molecule has 64 valence electrons. The molecule has 0 saturated heterocycles. The topological polar surface area (TPSA) is 38.0 Å². The number of thioether (sulfide) groups is 1. The standard InChI is InChI=1S/C8H16N2S/c1-6(2)10-5-7(3)11-8(4)9/h6,10H,3-5,9H2,1-2H3. The van der Waals surface area contributed by atoms with Crippen LogP contribution in [0.2, 0.25) is 0 Å². The fourth-order valence-electron chi connectivity index (χ4n) is 0.539. The Morgan fingerprint density at radius 2 is 2.09 bits per heavy atom. The molecule has 0 bridgehead atoms. The Balaban J connectivity index is 3.46. The van der Waals surface area contributed by atoms with E-state index < -0.39 is 0 Å². The molecule has 0 heterocycles. The quantitative estimate of drug-likeness (QED) is 0.662. The Bertz CT molecular complexity index is 152. The second kappa shape index (κ2) is 5.27. The van der Waals surface area contributed by atoms with Gasteiger partial charge in [0.2, 0.25) is 0 Å².